The monoisotopic (exact) mass is 456 g/mol. The van der Waals surface area contributed by atoms with E-state index in [0.717, 1.165) is 37.6 Å². The van der Waals surface area contributed by atoms with Gasteiger partial charge < -0.3 is 15.0 Å². The van der Waals surface area contributed by atoms with Gasteiger partial charge >= 0.3 is 0 Å². The van der Waals surface area contributed by atoms with Crippen LogP contribution in [0.3, 0.4) is 0 Å². The predicted octanol–water partition coefficient (Wildman–Crippen LogP) is 1.62. The van der Waals surface area contributed by atoms with Crippen LogP contribution in [0.25, 0.3) is 0 Å². The number of pyridine rings is 1. The molecular formula is C17H25IN6O. The zero-order valence-electron chi connectivity index (χ0n) is 14.6. The molecule has 1 aliphatic heterocycles. The number of aromatic nitrogens is 3. The summed E-state index contributed by atoms with van der Waals surface area (Å²) in [4.78, 5) is 10.8. The van der Waals surface area contributed by atoms with Gasteiger partial charge in [-0.05, 0) is 18.1 Å². The van der Waals surface area contributed by atoms with E-state index in [1.807, 2.05) is 38.8 Å². The van der Waals surface area contributed by atoms with E-state index in [2.05, 4.69) is 31.4 Å². The maximum Gasteiger partial charge on any atom is 0.193 e. The van der Waals surface area contributed by atoms with Crippen molar-refractivity contribution < 1.29 is 4.74 Å². The highest BCUT2D eigenvalue weighted by Gasteiger charge is 2.24. The van der Waals surface area contributed by atoms with Crippen LogP contribution in [0.1, 0.15) is 17.2 Å². The van der Waals surface area contributed by atoms with Crippen molar-refractivity contribution in [2.45, 2.75) is 12.5 Å². The number of morpholine rings is 1. The van der Waals surface area contributed by atoms with Crippen LogP contribution >= 0.6 is 24.0 Å². The molecule has 0 saturated carbocycles. The molecule has 2 aromatic rings. The van der Waals surface area contributed by atoms with Crippen LogP contribution in [0.5, 0.6) is 0 Å². The lowest BCUT2D eigenvalue weighted by Gasteiger charge is -2.34. The zero-order valence-corrected chi connectivity index (χ0v) is 17.0. The fourth-order valence-electron chi connectivity index (χ4n) is 2.85. The molecule has 7 nitrogen and oxygen atoms in total. The van der Waals surface area contributed by atoms with Crippen molar-refractivity contribution in [2.75, 3.05) is 33.3 Å². The smallest absolute Gasteiger partial charge is 0.193 e. The first-order chi connectivity index (χ1) is 11.8. The molecule has 0 aliphatic carbocycles. The van der Waals surface area contributed by atoms with Crippen molar-refractivity contribution in [2.24, 2.45) is 12.0 Å². The van der Waals surface area contributed by atoms with Gasteiger partial charge in [-0.3, -0.25) is 14.7 Å². The average molecular weight is 456 g/mol. The second-order valence-corrected chi connectivity index (χ2v) is 5.84. The molecule has 0 aromatic carbocycles. The summed E-state index contributed by atoms with van der Waals surface area (Å²) in [6.07, 6.45) is 8.52. The Morgan fingerprint density at radius 3 is 3.00 bits per heavy atom. The van der Waals surface area contributed by atoms with E-state index in [1.54, 1.807) is 10.9 Å². The topological polar surface area (TPSA) is 67.6 Å². The van der Waals surface area contributed by atoms with Gasteiger partial charge in [0.1, 0.15) is 6.10 Å². The molecule has 25 heavy (non-hydrogen) atoms. The second kappa shape index (κ2) is 9.71. The first kappa shape index (κ1) is 19.6. The molecule has 1 atom stereocenters. The Hall–Kier alpha value is -1.68. The Bertz CT molecular complexity index is 675. The van der Waals surface area contributed by atoms with Crippen molar-refractivity contribution in [3.8, 4) is 0 Å². The number of nitrogens with one attached hydrogen (secondary N) is 1. The van der Waals surface area contributed by atoms with Crippen molar-refractivity contribution in [1.29, 1.82) is 0 Å². The number of aliphatic imine (C=N–C) groups is 1. The molecule has 136 valence electrons. The minimum Gasteiger partial charge on any atom is -0.370 e. The molecule has 1 N–H and O–H groups in total. The molecule has 3 heterocycles. The fraction of sp³-hybridized carbons (Fsp3) is 0.471. The third-order valence-electron chi connectivity index (χ3n) is 4.09. The van der Waals surface area contributed by atoms with Gasteiger partial charge in [-0.15, -0.1) is 24.0 Å². The number of halogens is 1. The number of hydrogen-bond acceptors (Lipinski definition) is 4. The molecule has 0 bridgehead atoms. The highest BCUT2D eigenvalue weighted by atomic mass is 127. The Balaban J connectivity index is 0.00000225. The van der Waals surface area contributed by atoms with E-state index in [4.69, 9.17) is 4.74 Å². The third-order valence-corrected chi connectivity index (χ3v) is 4.09. The maximum absolute atomic E-state index is 5.89. The molecule has 1 unspecified atom stereocenters. The average Bonchev–Trinajstić information content (AvgIpc) is 3.06. The number of aryl methyl sites for hydroxylation is 1. The van der Waals surface area contributed by atoms with Crippen LogP contribution in [0, 0.1) is 0 Å². The van der Waals surface area contributed by atoms with Crippen LogP contribution in [0.15, 0.2) is 41.9 Å². The number of hydrogen-bond donors (Lipinski definition) is 1. The molecule has 2 aromatic heterocycles. The second-order valence-electron chi connectivity index (χ2n) is 5.84. The Labute approximate surface area is 165 Å². The zero-order chi connectivity index (χ0) is 16.8. The van der Waals surface area contributed by atoms with E-state index in [0.29, 0.717) is 6.61 Å². The number of ether oxygens (including phenoxy) is 1. The van der Waals surface area contributed by atoms with Gasteiger partial charge in [-0.1, -0.05) is 6.07 Å². The lowest BCUT2D eigenvalue weighted by atomic mass is 10.1. The van der Waals surface area contributed by atoms with Gasteiger partial charge in [0.2, 0.25) is 0 Å². The van der Waals surface area contributed by atoms with E-state index in [1.165, 1.54) is 5.56 Å². The van der Waals surface area contributed by atoms with Crippen molar-refractivity contribution in [3.05, 3.63) is 48.0 Å². The van der Waals surface area contributed by atoms with Crippen molar-refractivity contribution in [1.82, 2.24) is 25.0 Å². The van der Waals surface area contributed by atoms with Crippen molar-refractivity contribution >= 4 is 29.9 Å². The van der Waals surface area contributed by atoms with Crippen molar-refractivity contribution in [3.63, 3.8) is 0 Å². The van der Waals surface area contributed by atoms with Gasteiger partial charge in [0.25, 0.3) is 0 Å². The van der Waals surface area contributed by atoms with E-state index < -0.39 is 0 Å². The molecule has 0 amide bonds. The number of nitrogens with zero attached hydrogens (tertiary/aromatic N) is 5. The van der Waals surface area contributed by atoms with Crippen LogP contribution in [-0.4, -0.2) is 58.9 Å². The molecule has 8 heteroatoms. The van der Waals surface area contributed by atoms with Gasteiger partial charge in [-0.25, -0.2) is 0 Å². The minimum atomic E-state index is 0. The predicted molar refractivity (Wildman–Crippen MR) is 108 cm³/mol. The molecule has 0 radical (unpaired) electrons. The summed E-state index contributed by atoms with van der Waals surface area (Å²) in [5, 5.41) is 7.67. The first-order valence-corrected chi connectivity index (χ1v) is 8.21. The molecule has 1 saturated heterocycles. The minimum absolute atomic E-state index is 0. The third kappa shape index (κ3) is 5.40. The SMILES string of the molecule is CN=C(NCCc1cccnc1)N1CCOC(c2cnn(C)c2)C1.I. The summed E-state index contributed by atoms with van der Waals surface area (Å²) in [5.41, 5.74) is 2.32. The van der Waals surface area contributed by atoms with Crippen LogP contribution < -0.4 is 5.32 Å². The highest BCUT2D eigenvalue weighted by Crippen LogP contribution is 2.21. The van der Waals surface area contributed by atoms with Gasteiger partial charge in [-0.2, -0.15) is 5.10 Å². The molecule has 3 rings (SSSR count). The van der Waals surface area contributed by atoms with E-state index in [9.17, 15) is 0 Å². The largest absolute Gasteiger partial charge is 0.370 e. The summed E-state index contributed by atoms with van der Waals surface area (Å²) in [5.74, 6) is 0.913. The highest BCUT2D eigenvalue weighted by molar-refractivity contribution is 14.0. The van der Waals surface area contributed by atoms with E-state index in [-0.39, 0.29) is 30.1 Å². The fourth-order valence-corrected chi connectivity index (χ4v) is 2.85. The summed E-state index contributed by atoms with van der Waals surface area (Å²) in [6, 6.07) is 4.05. The number of rotatable bonds is 4. The van der Waals surface area contributed by atoms with Gasteiger partial charge in [0.05, 0.1) is 19.3 Å². The Morgan fingerprint density at radius 1 is 1.44 bits per heavy atom. The molecule has 0 spiro atoms. The summed E-state index contributed by atoms with van der Waals surface area (Å²) >= 11 is 0. The lowest BCUT2D eigenvalue weighted by molar-refractivity contribution is -0.00800. The van der Waals surface area contributed by atoms with E-state index >= 15 is 0 Å². The maximum atomic E-state index is 5.89. The Morgan fingerprint density at radius 2 is 2.32 bits per heavy atom. The normalized spacial score (nSPS) is 17.9. The lowest BCUT2D eigenvalue weighted by Crippen LogP contribution is -2.48. The van der Waals surface area contributed by atoms with Crippen LogP contribution in [-0.2, 0) is 18.2 Å². The number of guanidine groups is 1. The molecule has 1 fully saturated rings. The van der Waals surface area contributed by atoms with Gasteiger partial charge in [0.15, 0.2) is 5.96 Å². The first-order valence-electron chi connectivity index (χ1n) is 8.21. The Kier molecular flexibility index (Phi) is 7.63. The summed E-state index contributed by atoms with van der Waals surface area (Å²) in [7, 11) is 3.74. The van der Waals surface area contributed by atoms with Gasteiger partial charge in [0, 0.05) is 51.3 Å². The van der Waals surface area contributed by atoms with Crippen LogP contribution in [0.4, 0.5) is 0 Å². The summed E-state index contributed by atoms with van der Waals surface area (Å²) in [6.45, 7) is 3.12. The standard InChI is InChI=1S/C17H24N6O.HI/c1-18-17(20-7-5-14-4-3-6-19-10-14)23-8-9-24-16(13-23)15-11-21-22(2)12-15;/h3-4,6,10-12,16H,5,7-9,13H2,1-2H3,(H,18,20);1H. The van der Waals surface area contributed by atoms with Crippen LogP contribution in [0.2, 0.25) is 0 Å². The molecular weight excluding hydrogens is 431 g/mol. The summed E-state index contributed by atoms with van der Waals surface area (Å²) < 4.78 is 7.69. The molecule has 1 aliphatic rings. The quantitative estimate of drug-likeness (QED) is 0.431.